The molecule has 0 aliphatic heterocycles. The minimum atomic E-state index is -0.454. The highest BCUT2D eigenvalue weighted by atomic mass is 79.9. The quantitative estimate of drug-likeness (QED) is 0.379. The van der Waals surface area contributed by atoms with Crippen LogP contribution < -0.4 is 20.9 Å². The molecule has 1 aromatic rings. The molecule has 0 bridgehead atoms. The molecule has 0 fully saturated rings. The van der Waals surface area contributed by atoms with Gasteiger partial charge in [-0.2, -0.15) is 0 Å². The van der Waals surface area contributed by atoms with E-state index in [-0.39, 0.29) is 17.4 Å². The predicted octanol–water partition coefficient (Wildman–Crippen LogP) is 1.52. The van der Waals surface area contributed by atoms with Crippen LogP contribution in [0.5, 0.6) is 5.75 Å². The third-order valence-electron chi connectivity index (χ3n) is 2.63. The summed E-state index contributed by atoms with van der Waals surface area (Å²) >= 11 is 8.24. The number of carbonyl (C=O) groups excluding carboxylic acids is 2. The number of methoxy groups -OCH3 is 1. The molecule has 9 heteroatoms. The van der Waals surface area contributed by atoms with E-state index in [2.05, 4.69) is 32.1 Å². The Hall–Kier alpha value is -1.71. The summed E-state index contributed by atoms with van der Waals surface area (Å²) in [6, 6.07) is 5.02. The van der Waals surface area contributed by atoms with Crippen molar-refractivity contribution in [1.29, 1.82) is 0 Å². The SMILES string of the molecule is CCOCCC(=O)NNC(=S)NC(=O)c1cc(Br)ccc1OC. The van der Waals surface area contributed by atoms with Crippen molar-refractivity contribution in [3.63, 3.8) is 0 Å². The Balaban J connectivity index is 2.49. The molecule has 1 rings (SSSR count). The summed E-state index contributed by atoms with van der Waals surface area (Å²) in [5, 5.41) is 2.43. The summed E-state index contributed by atoms with van der Waals surface area (Å²) in [5.74, 6) is -0.339. The predicted molar refractivity (Wildman–Crippen MR) is 93.1 cm³/mol. The van der Waals surface area contributed by atoms with Crippen LogP contribution in [0.2, 0.25) is 0 Å². The van der Waals surface area contributed by atoms with Crippen LogP contribution in [0.4, 0.5) is 0 Å². The van der Waals surface area contributed by atoms with E-state index < -0.39 is 5.91 Å². The number of amides is 2. The third-order valence-corrected chi connectivity index (χ3v) is 3.32. The number of benzene rings is 1. The second kappa shape index (κ2) is 10.1. The average Bonchev–Trinajstić information content (AvgIpc) is 2.53. The summed E-state index contributed by atoms with van der Waals surface area (Å²) in [5.41, 5.74) is 5.14. The van der Waals surface area contributed by atoms with Gasteiger partial charge in [0.25, 0.3) is 5.91 Å². The van der Waals surface area contributed by atoms with Crippen LogP contribution in [-0.4, -0.2) is 37.3 Å². The largest absolute Gasteiger partial charge is 0.496 e. The lowest BCUT2D eigenvalue weighted by Gasteiger charge is -2.12. The molecule has 0 heterocycles. The molecule has 0 radical (unpaired) electrons. The summed E-state index contributed by atoms with van der Waals surface area (Å²) < 4.78 is 10.9. The first-order valence-corrected chi connectivity index (χ1v) is 7.99. The van der Waals surface area contributed by atoms with Gasteiger partial charge in [0.05, 0.1) is 25.7 Å². The van der Waals surface area contributed by atoms with E-state index in [1.54, 1.807) is 18.2 Å². The first-order chi connectivity index (χ1) is 11.0. The number of hydrazine groups is 1. The summed E-state index contributed by atoms with van der Waals surface area (Å²) in [6.45, 7) is 2.71. The molecule has 0 saturated heterocycles. The second-order valence-electron chi connectivity index (χ2n) is 4.25. The lowest BCUT2D eigenvalue weighted by molar-refractivity contribution is -0.122. The lowest BCUT2D eigenvalue weighted by atomic mass is 10.2. The maximum Gasteiger partial charge on any atom is 0.261 e. The van der Waals surface area contributed by atoms with Crippen LogP contribution >= 0.6 is 28.1 Å². The molecule has 126 valence electrons. The Morgan fingerprint density at radius 1 is 1.30 bits per heavy atom. The Labute approximate surface area is 148 Å². The molecular weight excluding hydrogens is 386 g/mol. The minimum absolute atomic E-state index is 0.0261. The monoisotopic (exact) mass is 403 g/mol. The van der Waals surface area contributed by atoms with Gasteiger partial charge in [-0.1, -0.05) is 15.9 Å². The van der Waals surface area contributed by atoms with Crippen LogP contribution in [0, 0.1) is 0 Å². The molecule has 3 N–H and O–H groups in total. The molecule has 23 heavy (non-hydrogen) atoms. The average molecular weight is 404 g/mol. The molecule has 0 saturated carbocycles. The van der Waals surface area contributed by atoms with Crippen LogP contribution in [0.15, 0.2) is 22.7 Å². The Morgan fingerprint density at radius 2 is 2.04 bits per heavy atom. The molecule has 0 aliphatic rings. The van der Waals surface area contributed by atoms with E-state index in [1.165, 1.54) is 7.11 Å². The molecule has 0 atom stereocenters. The van der Waals surface area contributed by atoms with Crippen LogP contribution in [0.3, 0.4) is 0 Å². The lowest BCUT2D eigenvalue weighted by Crippen LogP contribution is -2.48. The number of nitrogens with one attached hydrogen (secondary N) is 3. The first kappa shape index (κ1) is 19.3. The maximum absolute atomic E-state index is 12.2. The van der Waals surface area contributed by atoms with Gasteiger partial charge in [0.2, 0.25) is 5.91 Å². The number of hydrogen-bond donors (Lipinski definition) is 3. The molecule has 0 unspecified atom stereocenters. The highest BCUT2D eigenvalue weighted by Gasteiger charge is 2.14. The van der Waals surface area contributed by atoms with Crippen LogP contribution in [0.1, 0.15) is 23.7 Å². The van der Waals surface area contributed by atoms with Crippen molar-refractivity contribution >= 4 is 45.1 Å². The number of hydrogen-bond acceptors (Lipinski definition) is 5. The van der Waals surface area contributed by atoms with E-state index in [0.29, 0.717) is 24.5 Å². The van der Waals surface area contributed by atoms with Crippen LogP contribution in [-0.2, 0) is 9.53 Å². The fourth-order valence-electron chi connectivity index (χ4n) is 1.56. The summed E-state index contributed by atoms with van der Waals surface area (Å²) in [6.07, 6.45) is 0.191. The molecular formula is C14H18BrN3O4S. The smallest absolute Gasteiger partial charge is 0.261 e. The van der Waals surface area contributed by atoms with Gasteiger partial charge in [0, 0.05) is 11.1 Å². The standard InChI is InChI=1S/C14H18BrN3O4S/c1-3-22-7-6-12(19)17-18-14(23)16-13(20)10-8-9(15)4-5-11(10)21-2/h4-5,8H,3,6-7H2,1-2H3,(H,17,19)(H2,16,18,20,23). The first-order valence-electron chi connectivity index (χ1n) is 6.79. The Morgan fingerprint density at radius 3 is 2.70 bits per heavy atom. The minimum Gasteiger partial charge on any atom is -0.496 e. The fourth-order valence-corrected chi connectivity index (χ4v) is 2.06. The highest BCUT2D eigenvalue weighted by molar-refractivity contribution is 9.10. The van der Waals surface area contributed by atoms with Gasteiger partial charge in [-0.3, -0.25) is 25.8 Å². The van der Waals surface area contributed by atoms with E-state index in [4.69, 9.17) is 21.7 Å². The molecule has 0 spiro atoms. The Kier molecular flexibility index (Phi) is 8.52. The van der Waals surface area contributed by atoms with E-state index >= 15 is 0 Å². The Bertz CT molecular complexity index is 583. The second-order valence-corrected chi connectivity index (χ2v) is 5.57. The normalized spacial score (nSPS) is 9.87. The molecule has 2 amide bonds. The van der Waals surface area contributed by atoms with Gasteiger partial charge < -0.3 is 9.47 Å². The van der Waals surface area contributed by atoms with Crippen LogP contribution in [0.25, 0.3) is 0 Å². The number of thiocarbonyl (C=S) groups is 1. The van der Waals surface area contributed by atoms with Gasteiger partial charge in [-0.25, -0.2) is 0 Å². The van der Waals surface area contributed by atoms with Gasteiger partial charge >= 0.3 is 0 Å². The highest BCUT2D eigenvalue weighted by Crippen LogP contribution is 2.22. The number of halogens is 1. The van der Waals surface area contributed by atoms with Crippen molar-refractivity contribution in [2.75, 3.05) is 20.3 Å². The number of carbonyl (C=O) groups is 2. The zero-order valence-electron chi connectivity index (χ0n) is 12.8. The van der Waals surface area contributed by atoms with E-state index in [9.17, 15) is 9.59 Å². The van der Waals surface area contributed by atoms with E-state index in [1.807, 2.05) is 6.92 Å². The van der Waals surface area contributed by atoms with Crippen molar-refractivity contribution in [2.45, 2.75) is 13.3 Å². The topological polar surface area (TPSA) is 88.7 Å². The number of rotatable bonds is 6. The molecule has 0 aromatic heterocycles. The fraction of sp³-hybridized carbons (Fsp3) is 0.357. The van der Waals surface area contributed by atoms with Crippen molar-refractivity contribution in [3.05, 3.63) is 28.2 Å². The third kappa shape index (κ3) is 6.93. The van der Waals surface area contributed by atoms with Gasteiger partial charge in [0.1, 0.15) is 5.75 Å². The molecule has 1 aromatic carbocycles. The zero-order chi connectivity index (χ0) is 17.2. The van der Waals surface area contributed by atoms with Gasteiger partial charge in [-0.05, 0) is 37.3 Å². The summed E-state index contributed by atoms with van der Waals surface area (Å²) in [4.78, 5) is 23.6. The van der Waals surface area contributed by atoms with Crippen molar-refractivity contribution in [1.82, 2.24) is 16.2 Å². The van der Waals surface area contributed by atoms with Crippen molar-refractivity contribution in [2.24, 2.45) is 0 Å². The summed E-state index contributed by atoms with van der Waals surface area (Å²) in [7, 11) is 1.47. The van der Waals surface area contributed by atoms with Gasteiger partial charge in [0.15, 0.2) is 5.11 Å². The number of ether oxygens (including phenoxy) is 2. The van der Waals surface area contributed by atoms with Gasteiger partial charge in [-0.15, -0.1) is 0 Å². The molecule has 7 nitrogen and oxygen atoms in total. The maximum atomic E-state index is 12.2. The zero-order valence-corrected chi connectivity index (χ0v) is 15.2. The van der Waals surface area contributed by atoms with Crippen molar-refractivity contribution < 1.29 is 19.1 Å². The van der Waals surface area contributed by atoms with Crippen molar-refractivity contribution in [3.8, 4) is 5.75 Å². The van der Waals surface area contributed by atoms with E-state index in [0.717, 1.165) is 4.47 Å². The molecule has 0 aliphatic carbocycles.